The van der Waals surface area contributed by atoms with Crippen molar-refractivity contribution in [3.05, 3.63) is 12.2 Å². The smallest absolute Gasteiger partial charge is 0.325 e. The topological polar surface area (TPSA) is 93.1 Å². The van der Waals surface area contributed by atoms with Crippen molar-refractivity contribution < 1.29 is 28.3 Å². The maximum atomic E-state index is 11.1. The molecular weight excluding hydrogens is 249 g/mol. The lowest BCUT2D eigenvalue weighted by Gasteiger charge is -2.13. The van der Waals surface area contributed by atoms with Crippen LogP contribution in [0.5, 0.6) is 0 Å². The van der Waals surface area contributed by atoms with Crippen LogP contribution in [0.1, 0.15) is 0 Å². The summed E-state index contributed by atoms with van der Waals surface area (Å²) in [6, 6.07) is 0. The van der Waals surface area contributed by atoms with Gasteiger partial charge >= 0.3 is 7.60 Å². The van der Waals surface area contributed by atoms with E-state index >= 15 is 0 Å². The van der Waals surface area contributed by atoms with E-state index in [1.807, 2.05) is 0 Å². The quantitative estimate of drug-likeness (QED) is 0.387. The van der Waals surface area contributed by atoms with Crippen LogP contribution in [0, 0.1) is 0 Å². The third-order valence-electron chi connectivity index (χ3n) is 1.92. The summed E-state index contributed by atoms with van der Waals surface area (Å²) in [5, 5.41) is 0. The van der Waals surface area contributed by atoms with Crippen LogP contribution in [0.2, 0.25) is 0 Å². The predicted molar refractivity (Wildman–Crippen MR) is 58.4 cm³/mol. The van der Waals surface area contributed by atoms with Crippen LogP contribution in [0.4, 0.5) is 0 Å². The van der Waals surface area contributed by atoms with Crippen LogP contribution in [0.25, 0.3) is 0 Å². The fourth-order valence-electron chi connectivity index (χ4n) is 1.17. The van der Waals surface area contributed by atoms with Gasteiger partial charge in [-0.3, -0.25) is 19.1 Å². The van der Waals surface area contributed by atoms with Gasteiger partial charge in [0.15, 0.2) is 0 Å². The third-order valence-corrected chi connectivity index (χ3v) is 2.58. The summed E-state index contributed by atoms with van der Waals surface area (Å²) in [7, 11) is -3.46. The molecule has 1 aliphatic heterocycles. The number of imide groups is 1. The lowest BCUT2D eigenvalue weighted by Crippen LogP contribution is -2.33. The van der Waals surface area contributed by atoms with Gasteiger partial charge < -0.3 is 14.2 Å². The summed E-state index contributed by atoms with van der Waals surface area (Å²) < 4.78 is 20.3. The fourth-order valence-corrected chi connectivity index (χ4v) is 1.59. The van der Waals surface area contributed by atoms with Crippen LogP contribution >= 0.6 is 7.60 Å². The fraction of sp³-hybridized carbons (Fsp3) is 0.556. The predicted octanol–water partition coefficient (Wildman–Crippen LogP) is -0.240. The van der Waals surface area contributed by atoms with Crippen molar-refractivity contribution in [2.24, 2.45) is 0 Å². The van der Waals surface area contributed by atoms with E-state index in [-0.39, 0.29) is 38.2 Å². The zero-order valence-electron chi connectivity index (χ0n) is 9.37. The number of ether oxygens (including phenoxy) is 1. The Morgan fingerprint density at radius 1 is 1.24 bits per heavy atom. The molecule has 0 fully saturated rings. The molecule has 0 saturated heterocycles. The third kappa shape index (κ3) is 5.23. The van der Waals surface area contributed by atoms with Gasteiger partial charge in [0.05, 0.1) is 26.4 Å². The molecule has 0 bridgehead atoms. The van der Waals surface area contributed by atoms with Gasteiger partial charge in [0.25, 0.3) is 11.8 Å². The largest absolute Gasteiger partial charge is 0.377 e. The second-order valence-corrected chi connectivity index (χ2v) is 5.27. The molecule has 0 aliphatic carbocycles. The van der Waals surface area contributed by atoms with Gasteiger partial charge in [-0.1, -0.05) is 0 Å². The van der Waals surface area contributed by atoms with Gasteiger partial charge in [-0.25, -0.2) is 0 Å². The van der Waals surface area contributed by atoms with Crippen LogP contribution in [-0.4, -0.2) is 54.6 Å². The van der Waals surface area contributed by atoms with Crippen LogP contribution in [-0.2, 0) is 23.4 Å². The Morgan fingerprint density at radius 2 is 1.82 bits per heavy atom. The van der Waals surface area contributed by atoms with E-state index in [0.29, 0.717) is 0 Å². The van der Waals surface area contributed by atoms with E-state index < -0.39 is 7.60 Å². The first-order chi connectivity index (χ1) is 7.90. The normalized spacial score (nSPS) is 18.8. The Kier molecular flexibility index (Phi) is 5.02. The van der Waals surface area contributed by atoms with Crippen molar-refractivity contribution in [2.45, 2.75) is 0 Å². The van der Waals surface area contributed by atoms with Crippen molar-refractivity contribution in [3.8, 4) is 0 Å². The molecule has 1 rings (SSSR count). The van der Waals surface area contributed by atoms with Crippen LogP contribution < -0.4 is 0 Å². The van der Waals surface area contributed by atoms with E-state index in [2.05, 4.69) is 4.52 Å². The Bertz CT molecular complexity index is 356. The highest BCUT2D eigenvalue weighted by atomic mass is 31.2. The number of nitrogens with zero attached hydrogens (tertiary/aromatic N) is 1. The number of hydrogen-bond acceptors (Lipinski definition) is 5. The second kappa shape index (κ2) is 6.07. The van der Waals surface area contributed by atoms with Crippen LogP contribution in [0.15, 0.2) is 12.2 Å². The van der Waals surface area contributed by atoms with E-state index in [1.54, 1.807) is 0 Å². The number of hydrogen-bond donors (Lipinski definition) is 1. The molecule has 0 aromatic carbocycles. The molecular formula is C9H14NO6P. The highest BCUT2D eigenvalue weighted by molar-refractivity contribution is 7.51. The Balaban J connectivity index is 2.07. The van der Waals surface area contributed by atoms with E-state index in [4.69, 9.17) is 9.63 Å². The molecule has 0 saturated carbocycles. The van der Waals surface area contributed by atoms with Gasteiger partial charge in [0, 0.05) is 18.8 Å². The monoisotopic (exact) mass is 263 g/mol. The Morgan fingerprint density at radius 3 is 2.35 bits per heavy atom. The average Bonchev–Trinajstić information content (AvgIpc) is 2.52. The molecule has 1 atom stereocenters. The summed E-state index contributed by atoms with van der Waals surface area (Å²) >= 11 is 0. The van der Waals surface area contributed by atoms with Crippen molar-refractivity contribution in [3.63, 3.8) is 0 Å². The highest BCUT2D eigenvalue weighted by Crippen LogP contribution is 2.35. The van der Waals surface area contributed by atoms with Gasteiger partial charge in [-0.05, 0) is 0 Å². The Hall–Kier alpha value is -1.01. The molecule has 1 N–H and O–H groups in total. The molecule has 0 aromatic heterocycles. The summed E-state index contributed by atoms with van der Waals surface area (Å²) in [4.78, 5) is 32.0. The lowest BCUT2D eigenvalue weighted by molar-refractivity contribution is -0.137. The van der Waals surface area contributed by atoms with Gasteiger partial charge in [-0.2, -0.15) is 0 Å². The Labute approximate surface area is 98.5 Å². The van der Waals surface area contributed by atoms with Crippen molar-refractivity contribution in [1.82, 2.24) is 4.90 Å². The molecule has 8 heteroatoms. The first-order valence-electron chi connectivity index (χ1n) is 4.96. The molecule has 0 aromatic rings. The van der Waals surface area contributed by atoms with Crippen molar-refractivity contribution in [1.29, 1.82) is 0 Å². The minimum absolute atomic E-state index is 0.00950. The number of carbonyl (C=O) groups excluding carboxylic acids is 2. The van der Waals surface area contributed by atoms with Crippen molar-refractivity contribution >= 4 is 19.4 Å². The number of amides is 2. The standard InChI is InChI=1S/C9H14NO6P/c1-17(13,14)16-7-6-15-5-4-10-8(11)2-3-9(10)12/h2-3H,4-7H2,1H3,(H,13,14). The summed E-state index contributed by atoms with van der Waals surface area (Å²) in [5.41, 5.74) is 0. The van der Waals surface area contributed by atoms with E-state index in [1.165, 1.54) is 12.2 Å². The summed E-state index contributed by atoms with van der Waals surface area (Å²) in [5.74, 6) is -0.716. The molecule has 17 heavy (non-hydrogen) atoms. The molecule has 0 spiro atoms. The highest BCUT2D eigenvalue weighted by Gasteiger charge is 2.22. The lowest BCUT2D eigenvalue weighted by atomic mass is 10.5. The zero-order chi connectivity index (χ0) is 12.9. The molecule has 0 radical (unpaired) electrons. The van der Waals surface area contributed by atoms with Gasteiger partial charge in [0.1, 0.15) is 0 Å². The maximum absolute atomic E-state index is 11.1. The molecule has 1 heterocycles. The van der Waals surface area contributed by atoms with Gasteiger partial charge in [-0.15, -0.1) is 0 Å². The second-order valence-electron chi connectivity index (χ2n) is 3.41. The SMILES string of the molecule is CP(=O)(O)OCCOCCN1C(=O)C=CC1=O. The summed E-state index contributed by atoms with van der Waals surface area (Å²) in [6.07, 6.45) is 2.40. The molecule has 1 aliphatic rings. The molecule has 1 unspecified atom stereocenters. The number of rotatable bonds is 7. The number of carbonyl (C=O) groups is 2. The van der Waals surface area contributed by atoms with E-state index in [0.717, 1.165) is 11.6 Å². The first kappa shape index (κ1) is 14.1. The van der Waals surface area contributed by atoms with Crippen LogP contribution in [0.3, 0.4) is 0 Å². The van der Waals surface area contributed by atoms with Crippen molar-refractivity contribution in [2.75, 3.05) is 33.0 Å². The average molecular weight is 263 g/mol. The maximum Gasteiger partial charge on any atom is 0.325 e. The minimum atomic E-state index is -3.46. The molecule has 96 valence electrons. The summed E-state index contributed by atoms with van der Waals surface area (Å²) in [6.45, 7) is 1.53. The molecule has 7 nitrogen and oxygen atoms in total. The van der Waals surface area contributed by atoms with Gasteiger partial charge in [0.2, 0.25) is 0 Å². The first-order valence-corrected chi connectivity index (χ1v) is 6.99. The van der Waals surface area contributed by atoms with E-state index in [9.17, 15) is 14.2 Å². The minimum Gasteiger partial charge on any atom is -0.377 e. The zero-order valence-corrected chi connectivity index (χ0v) is 10.3. The molecule has 2 amide bonds.